The molecule has 1 aromatic heterocycles. The predicted octanol–water partition coefficient (Wildman–Crippen LogP) is 2.31. The lowest BCUT2D eigenvalue weighted by molar-refractivity contribution is -0.117. The molecule has 0 aliphatic heterocycles. The lowest BCUT2D eigenvalue weighted by Crippen LogP contribution is -2.11. The first kappa shape index (κ1) is 10.9. The Hall–Kier alpha value is -1.61. The Morgan fingerprint density at radius 1 is 1.38 bits per heavy atom. The number of primary amides is 1. The summed E-state index contributed by atoms with van der Waals surface area (Å²) in [5.41, 5.74) is 6.10. The third-order valence-electron chi connectivity index (χ3n) is 2.50. The third kappa shape index (κ3) is 2.14. The van der Waals surface area contributed by atoms with Crippen LogP contribution in [0.4, 0.5) is 0 Å². The molecule has 0 saturated carbocycles. The molecule has 0 unspecified atom stereocenters. The van der Waals surface area contributed by atoms with E-state index in [4.69, 9.17) is 17.3 Å². The van der Waals surface area contributed by atoms with Gasteiger partial charge in [0.05, 0.1) is 0 Å². The fraction of sp³-hybridized carbons (Fsp3) is 0.167. The molecule has 2 rings (SSSR count). The summed E-state index contributed by atoms with van der Waals surface area (Å²) in [7, 11) is 0. The maximum Gasteiger partial charge on any atom is 0.217 e. The molecule has 1 amide bonds. The average molecular weight is 235 g/mol. The number of aromatic nitrogens is 1. The monoisotopic (exact) mass is 234 g/mol. The van der Waals surface area contributed by atoms with E-state index in [9.17, 15) is 4.79 Å². The van der Waals surface area contributed by atoms with E-state index in [1.165, 1.54) is 0 Å². The minimum Gasteiger partial charge on any atom is -0.370 e. The topological polar surface area (TPSA) is 56.0 Å². The number of hydrogen-bond acceptors (Lipinski definition) is 2. The second-order valence-corrected chi connectivity index (χ2v) is 4.00. The predicted molar refractivity (Wildman–Crippen MR) is 64.3 cm³/mol. The maximum atomic E-state index is 10.8. The number of pyridine rings is 1. The van der Waals surface area contributed by atoms with Gasteiger partial charge in [0.2, 0.25) is 5.91 Å². The van der Waals surface area contributed by atoms with Gasteiger partial charge in [-0.25, -0.2) is 0 Å². The van der Waals surface area contributed by atoms with Crippen molar-refractivity contribution in [1.82, 2.24) is 4.98 Å². The molecule has 16 heavy (non-hydrogen) atoms. The average Bonchev–Trinajstić information content (AvgIpc) is 2.27. The second-order valence-electron chi connectivity index (χ2n) is 3.59. The van der Waals surface area contributed by atoms with Crippen molar-refractivity contribution in [3.63, 3.8) is 0 Å². The summed E-state index contributed by atoms with van der Waals surface area (Å²) in [5, 5.41) is 2.72. The molecular weight excluding hydrogens is 224 g/mol. The van der Waals surface area contributed by atoms with Crippen molar-refractivity contribution in [3.05, 3.63) is 41.2 Å². The molecule has 1 heterocycles. The van der Waals surface area contributed by atoms with Crippen LogP contribution in [0.5, 0.6) is 0 Å². The first-order valence-corrected chi connectivity index (χ1v) is 5.35. The maximum absolute atomic E-state index is 10.8. The van der Waals surface area contributed by atoms with Gasteiger partial charge in [-0.15, -0.1) is 0 Å². The van der Waals surface area contributed by atoms with Crippen LogP contribution >= 0.6 is 11.6 Å². The van der Waals surface area contributed by atoms with Gasteiger partial charge in [0.15, 0.2) is 0 Å². The fourth-order valence-corrected chi connectivity index (χ4v) is 1.97. The molecule has 2 aromatic rings. The summed E-state index contributed by atoms with van der Waals surface area (Å²) >= 11 is 6.11. The molecule has 4 heteroatoms. The zero-order valence-corrected chi connectivity index (χ0v) is 9.37. The second kappa shape index (κ2) is 4.49. The standard InChI is InChI=1S/C12H11ClN2O/c13-11-3-1-8-7-15-6-5-9(8)10(11)2-4-12(14)16/h1,3,5-7H,2,4H2,(H2,14,16). The highest BCUT2D eigenvalue weighted by molar-refractivity contribution is 6.32. The van der Waals surface area contributed by atoms with Crippen LogP contribution < -0.4 is 5.73 Å². The molecule has 0 atom stereocenters. The van der Waals surface area contributed by atoms with Gasteiger partial charge in [-0.2, -0.15) is 0 Å². The minimum atomic E-state index is -0.317. The molecule has 0 aliphatic carbocycles. The van der Waals surface area contributed by atoms with Crippen LogP contribution in [0.15, 0.2) is 30.6 Å². The van der Waals surface area contributed by atoms with E-state index in [1.807, 2.05) is 18.2 Å². The number of nitrogens with two attached hydrogens (primary N) is 1. The minimum absolute atomic E-state index is 0.307. The summed E-state index contributed by atoms with van der Waals surface area (Å²) < 4.78 is 0. The number of aryl methyl sites for hydroxylation is 1. The van der Waals surface area contributed by atoms with Crippen LogP contribution in [0.3, 0.4) is 0 Å². The first-order chi connectivity index (χ1) is 7.68. The number of benzene rings is 1. The highest BCUT2D eigenvalue weighted by atomic mass is 35.5. The zero-order chi connectivity index (χ0) is 11.5. The molecule has 82 valence electrons. The van der Waals surface area contributed by atoms with Gasteiger partial charge in [0, 0.05) is 29.2 Å². The molecule has 0 saturated heterocycles. The van der Waals surface area contributed by atoms with Crippen molar-refractivity contribution < 1.29 is 4.79 Å². The van der Waals surface area contributed by atoms with Crippen LogP contribution in [-0.2, 0) is 11.2 Å². The Morgan fingerprint density at radius 2 is 2.19 bits per heavy atom. The van der Waals surface area contributed by atoms with Crippen LogP contribution in [0.1, 0.15) is 12.0 Å². The van der Waals surface area contributed by atoms with Crippen LogP contribution in [0.25, 0.3) is 10.8 Å². The van der Waals surface area contributed by atoms with Gasteiger partial charge >= 0.3 is 0 Å². The number of amides is 1. The lowest BCUT2D eigenvalue weighted by Gasteiger charge is -2.07. The Kier molecular flexibility index (Phi) is 3.06. The number of carbonyl (C=O) groups excluding carboxylic acids is 1. The smallest absolute Gasteiger partial charge is 0.217 e. The summed E-state index contributed by atoms with van der Waals surface area (Å²) in [6.45, 7) is 0. The molecular formula is C12H11ClN2O. The Balaban J connectivity index is 2.48. The van der Waals surface area contributed by atoms with Crippen LogP contribution in [-0.4, -0.2) is 10.9 Å². The Labute approximate surface area is 98.2 Å². The molecule has 1 aromatic carbocycles. The normalized spacial score (nSPS) is 10.6. The first-order valence-electron chi connectivity index (χ1n) is 4.98. The van der Waals surface area contributed by atoms with E-state index in [2.05, 4.69) is 4.98 Å². The van der Waals surface area contributed by atoms with Crippen molar-refractivity contribution in [2.24, 2.45) is 5.73 Å². The molecule has 0 bridgehead atoms. The Bertz CT molecular complexity index is 540. The van der Waals surface area contributed by atoms with Gasteiger partial charge in [-0.05, 0) is 29.5 Å². The van der Waals surface area contributed by atoms with Crippen molar-refractivity contribution in [2.45, 2.75) is 12.8 Å². The van der Waals surface area contributed by atoms with E-state index in [-0.39, 0.29) is 5.91 Å². The van der Waals surface area contributed by atoms with E-state index >= 15 is 0 Å². The van der Waals surface area contributed by atoms with Gasteiger partial charge in [0.1, 0.15) is 0 Å². The number of fused-ring (bicyclic) bond motifs is 1. The highest BCUT2D eigenvalue weighted by Crippen LogP contribution is 2.26. The zero-order valence-electron chi connectivity index (χ0n) is 8.61. The number of rotatable bonds is 3. The molecule has 2 N–H and O–H groups in total. The van der Waals surface area contributed by atoms with Crippen molar-refractivity contribution in [2.75, 3.05) is 0 Å². The number of hydrogen-bond donors (Lipinski definition) is 1. The molecule has 3 nitrogen and oxygen atoms in total. The summed E-state index contributed by atoms with van der Waals surface area (Å²) in [4.78, 5) is 14.8. The highest BCUT2D eigenvalue weighted by Gasteiger charge is 2.07. The fourth-order valence-electron chi connectivity index (χ4n) is 1.71. The summed E-state index contributed by atoms with van der Waals surface area (Å²) in [6, 6.07) is 5.64. The van der Waals surface area contributed by atoms with E-state index in [1.54, 1.807) is 12.4 Å². The van der Waals surface area contributed by atoms with Gasteiger partial charge in [-0.1, -0.05) is 17.7 Å². The largest absolute Gasteiger partial charge is 0.370 e. The van der Waals surface area contributed by atoms with Crippen LogP contribution in [0, 0.1) is 0 Å². The van der Waals surface area contributed by atoms with Crippen LogP contribution in [0.2, 0.25) is 5.02 Å². The SMILES string of the molecule is NC(=O)CCc1c(Cl)ccc2cnccc12. The van der Waals surface area contributed by atoms with Crippen molar-refractivity contribution >= 4 is 28.3 Å². The number of carbonyl (C=O) groups is 1. The van der Waals surface area contributed by atoms with E-state index in [0.717, 1.165) is 16.3 Å². The van der Waals surface area contributed by atoms with Crippen molar-refractivity contribution in [1.29, 1.82) is 0 Å². The van der Waals surface area contributed by atoms with Gasteiger partial charge in [-0.3, -0.25) is 9.78 Å². The molecule has 0 aliphatic rings. The van der Waals surface area contributed by atoms with Gasteiger partial charge < -0.3 is 5.73 Å². The third-order valence-corrected chi connectivity index (χ3v) is 2.85. The summed E-state index contributed by atoms with van der Waals surface area (Å²) in [6.07, 6.45) is 4.36. The van der Waals surface area contributed by atoms with E-state index < -0.39 is 0 Å². The molecule has 0 fully saturated rings. The molecule has 0 spiro atoms. The lowest BCUT2D eigenvalue weighted by atomic mass is 10.0. The Morgan fingerprint density at radius 3 is 2.94 bits per heavy atom. The quantitative estimate of drug-likeness (QED) is 0.886. The number of halogens is 1. The van der Waals surface area contributed by atoms with Gasteiger partial charge in [0.25, 0.3) is 0 Å². The summed E-state index contributed by atoms with van der Waals surface area (Å²) in [5.74, 6) is -0.317. The molecule has 0 radical (unpaired) electrons. The number of nitrogens with zero attached hydrogens (tertiary/aromatic N) is 1. The van der Waals surface area contributed by atoms with E-state index in [0.29, 0.717) is 17.9 Å². The van der Waals surface area contributed by atoms with Crippen molar-refractivity contribution in [3.8, 4) is 0 Å².